The molecule has 0 unspecified atom stereocenters. The van der Waals surface area contributed by atoms with Crippen LogP contribution in [0.3, 0.4) is 0 Å². The molecule has 0 spiro atoms. The van der Waals surface area contributed by atoms with Crippen LogP contribution in [0.15, 0.2) is 0 Å². The van der Waals surface area contributed by atoms with Crippen molar-refractivity contribution < 1.29 is 19.1 Å². The van der Waals surface area contributed by atoms with Gasteiger partial charge in [0.15, 0.2) is 0 Å². The summed E-state index contributed by atoms with van der Waals surface area (Å²) in [5.41, 5.74) is 0. The summed E-state index contributed by atoms with van der Waals surface area (Å²) >= 11 is 0. The molecule has 0 saturated carbocycles. The summed E-state index contributed by atoms with van der Waals surface area (Å²) in [6.07, 6.45) is 21.8. The number of methoxy groups -OCH3 is 1. The summed E-state index contributed by atoms with van der Waals surface area (Å²) < 4.78 is 4.91. The van der Waals surface area contributed by atoms with Gasteiger partial charge in [-0.05, 0) is 25.7 Å². The van der Waals surface area contributed by atoms with Gasteiger partial charge in [0, 0.05) is 0 Å². The van der Waals surface area contributed by atoms with E-state index in [0.29, 0.717) is 0 Å². The lowest BCUT2D eigenvalue weighted by Gasteiger charge is -2.30. The highest BCUT2D eigenvalue weighted by atomic mass is 16.6. The molecular weight excluding hydrogens is 350 g/mol. The van der Waals surface area contributed by atoms with Crippen LogP contribution in [0.1, 0.15) is 117 Å². The second-order valence-corrected chi connectivity index (χ2v) is 8.80. The predicted octanol–water partition coefficient (Wildman–Crippen LogP) is 7.66. The lowest BCUT2D eigenvalue weighted by atomic mass is 10.1. The first-order valence-corrected chi connectivity index (χ1v) is 12.0. The van der Waals surface area contributed by atoms with Crippen LogP contribution >= 0.6 is 0 Å². The van der Waals surface area contributed by atoms with Gasteiger partial charge in [0.25, 0.3) is 0 Å². The Bertz CT molecular complexity index is 297. The quantitative estimate of drug-likeness (QED) is 0.145. The molecule has 28 heavy (non-hydrogen) atoms. The van der Waals surface area contributed by atoms with Crippen LogP contribution in [0.5, 0.6) is 0 Å². The van der Waals surface area contributed by atoms with Crippen LogP contribution < -0.4 is 0 Å². The average Bonchev–Trinajstić information content (AvgIpc) is 2.66. The molecule has 4 heteroatoms. The molecule has 0 atom stereocenters. The molecule has 0 aliphatic carbocycles. The summed E-state index contributed by atoms with van der Waals surface area (Å²) in [5.74, 6) is 0. The Morgan fingerprint density at radius 1 is 0.643 bits per heavy atom. The number of carboxylic acid groups (broad SMARTS) is 1. The normalized spacial score (nSPS) is 11.0. The third-order valence-electron chi connectivity index (χ3n) is 5.41. The van der Waals surface area contributed by atoms with Gasteiger partial charge in [0.2, 0.25) is 0 Å². The van der Waals surface area contributed by atoms with Crippen molar-refractivity contribution in [1.82, 2.24) is 0 Å². The number of nitrogens with zero attached hydrogens (tertiary/aromatic N) is 1. The molecule has 0 aromatic carbocycles. The monoisotopic (exact) mass is 402 g/mol. The molecule has 0 radical (unpaired) electrons. The average molecular weight is 403 g/mol. The van der Waals surface area contributed by atoms with Gasteiger partial charge in [-0.3, -0.25) is 0 Å². The van der Waals surface area contributed by atoms with Crippen LogP contribution in [-0.4, -0.2) is 50.0 Å². The van der Waals surface area contributed by atoms with Crippen molar-refractivity contribution in [1.29, 1.82) is 0 Å². The maximum absolute atomic E-state index is 9.15. The molecule has 0 amide bonds. The van der Waals surface area contributed by atoms with E-state index in [1.54, 1.807) is 0 Å². The minimum atomic E-state index is -1.25. The van der Waals surface area contributed by atoms with Crippen LogP contribution in [0.25, 0.3) is 0 Å². The Morgan fingerprint density at radius 3 is 1.14 bits per heavy atom. The molecule has 0 rings (SSSR count). The molecule has 0 fully saturated rings. The molecule has 0 aliphatic heterocycles. The van der Waals surface area contributed by atoms with E-state index in [9.17, 15) is 0 Å². The minimum absolute atomic E-state index is 1.10. The van der Waals surface area contributed by atoms with Crippen molar-refractivity contribution in [3.63, 3.8) is 0 Å². The van der Waals surface area contributed by atoms with Crippen LogP contribution in [-0.2, 0) is 4.74 Å². The summed E-state index contributed by atoms with van der Waals surface area (Å²) in [6.45, 7) is 7.36. The highest BCUT2D eigenvalue weighted by molar-refractivity contribution is 5.56. The van der Waals surface area contributed by atoms with Gasteiger partial charge >= 0.3 is 6.16 Å². The van der Waals surface area contributed by atoms with Crippen molar-refractivity contribution in [2.75, 3.05) is 34.3 Å². The maximum Gasteiger partial charge on any atom is 0.505 e. The summed E-state index contributed by atoms with van der Waals surface area (Å²) in [4.78, 5) is 9.15. The molecule has 0 aromatic heterocycles. The van der Waals surface area contributed by atoms with Gasteiger partial charge in [0.05, 0.1) is 34.3 Å². The highest BCUT2D eigenvalue weighted by Crippen LogP contribution is 2.13. The van der Waals surface area contributed by atoms with Crippen molar-refractivity contribution in [3.8, 4) is 0 Å². The molecule has 0 saturated heterocycles. The molecule has 0 bridgehead atoms. The first-order valence-electron chi connectivity index (χ1n) is 12.0. The summed E-state index contributed by atoms with van der Waals surface area (Å²) in [5, 5.41) is 7.50. The zero-order valence-electron chi connectivity index (χ0n) is 19.9. The summed E-state index contributed by atoms with van der Waals surface area (Å²) in [7, 11) is 5.97. The lowest BCUT2D eigenvalue weighted by Crippen LogP contribution is -2.41. The molecule has 0 heterocycles. The van der Waals surface area contributed by atoms with E-state index < -0.39 is 6.16 Å². The van der Waals surface area contributed by atoms with E-state index in [2.05, 4.69) is 32.7 Å². The van der Waals surface area contributed by atoms with E-state index >= 15 is 0 Å². The van der Waals surface area contributed by atoms with E-state index in [1.807, 2.05) is 0 Å². The first kappa shape index (κ1) is 29.4. The van der Waals surface area contributed by atoms with Gasteiger partial charge < -0.3 is 14.3 Å². The fraction of sp³-hybridized carbons (Fsp3) is 0.958. The second kappa shape index (κ2) is 22.5. The topological polar surface area (TPSA) is 46.5 Å². The van der Waals surface area contributed by atoms with E-state index in [4.69, 9.17) is 9.90 Å². The van der Waals surface area contributed by atoms with Crippen molar-refractivity contribution >= 4 is 6.16 Å². The molecular formula is C24H52NO3+. The van der Waals surface area contributed by atoms with Gasteiger partial charge in [-0.15, -0.1) is 0 Å². The van der Waals surface area contributed by atoms with Gasteiger partial charge in [0.1, 0.15) is 0 Å². The number of carbonyl (C=O) groups is 1. The fourth-order valence-electron chi connectivity index (χ4n) is 3.46. The van der Waals surface area contributed by atoms with Gasteiger partial charge in [-0.1, -0.05) is 90.9 Å². The van der Waals surface area contributed by atoms with Crippen molar-refractivity contribution in [2.45, 2.75) is 117 Å². The Kier molecular flexibility index (Phi) is 23.7. The van der Waals surface area contributed by atoms with E-state index in [-0.39, 0.29) is 0 Å². The molecule has 170 valence electrons. The molecule has 1 N–H and O–H groups in total. The van der Waals surface area contributed by atoms with Crippen LogP contribution in [0.2, 0.25) is 0 Å². The molecule has 4 nitrogen and oxygen atoms in total. The Morgan fingerprint density at radius 2 is 0.893 bits per heavy atom. The Hall–Kier alpha value is -0.770. The smallest absolute Gasteiger partial charge is 0.450 e. The maximum atomic E-state index is 9.15. The predicted molar refractivity (Wildman–Crippen MR) is 122 cm³/mol. The summed E-state index contributed by atoms with van der Waals surface area (Å²) in [6, 6.07) is 0. The Balaban J connectivity index is 0. The van der Waals surface area contributed by atoms with Gasteiger partial charge in [-0.25, -0.2) is 4.79 Å². The standard InChI is InChI=1S/C22H48N.C2H4O3/c1-5-7-9-11-13-15-17-19-21-23(3,4)22-20-18-16-14-12-10-8-6-2;1-5-2(3)4/h5-22H2,1-4H3;1H3,(H,3,4)/q+1;. The SMILES string of the molecule is CCCCCCCCCC[N+](C)(C)CCCCCCCCCC.COC(=O)O. The second-order valence-electron chi connectivity index (χ2n) is 8.80. The number of ether oxygens (including phenoxy) is 1. The number of hydrogen-bond donors (Lipinski definition) is 1. The van der Waals surface area contributed by atoms with Crippen LogP contribution in [0.4, 0.5) is 4.79 Å². The van der Waals surface area contributed by atoms with Crippen LogP contribution in [0, 0.1) is 0 Å². The number of unbranched alkanes of at least 4 members (excludes halogenated alkanes) is 14. The van der Waals surface area contributed by atoms with Crippen molar-refractivity contribution in [3.05, 3.63) is 0 Å². The number of hydrogen-bond acceptors (Lipinski definition) is 2. The minimum Gasteiger partial charge on any atom is -0.450 e. The van der Waals surface area contributed by atoms with Gasteiger partial charge in [-0.2, -0.15) is 0 Å². The van der Waals surface area contributed by atoms with Crippen molar-refractivity contribution in [2.24, 2.45) is 0 Å². The zero-order valence-corrected chi connectivity index (χ0v) is 19.9. The third-order valence-corrected chi connectivity index (χ3v) is 5.41. The third kappa shape index (κ3) is 27.4. The van der Waals surface area contributed by atoms with E-state index in [0.717, 1.165) is 7.11 Å². The Labute approximate surface area is 176 Å². The zero-order chi connectivity index (χ0) is 21.5. The van der Waals surface area contributed by atoms with E-state index in [1.165, 1.54) is 120 Å². The number of rotatable bonds is 18. The first-order chi connectivity index (χ1) is 13.4. The number of quaternary nitrogens is 1. The lowest BCUT2D eigenvalue weighted by molar-refractivity contribution is -0.890. The molecule has 0 aromatic rings. The largest absolute Gasteiger partial charge is 0.505 e. The highest BCUT2D eigenvalue weighted by Gasteiger charge is 2.13. The fourth-order valence-corrected chi connectivity index (χ4v) is 3.46. The molecule has 0 aliphatic rings.